The largest absolute Gasteiger partial charge is 0.379 e. The molecule has 0 aromatic heterocycles. The molecule has 0 saturated carbocycles. The second-order valence-corrected chi connectivity index (χ2v) is 8.40. The maximum Gasteiger partial charge on any atom is 0.232 e. The lowest BCUT2D eigenvalue weighted by atomic mass is 10.1. The molecule has 0 bridgehead atoms. The van der Waals surface area contributed by atoms with Crippen LogP contribution in [0, 0.1) is 5.92 Å². The quantitative estimate of drug-likeness (QED) is 0.485. The molecule has 0 rings (SSSR count). The van der Waals surface area contributed by atoms with Crippen molar-refractivity contribution in [3.63, 3.8) is 0 Å². The van der Waals surface area contributed by atoms with Crippen molar-refractivity contribution in [1.82, 2.24) is 0 Å². The molecular weight excluding hydrogens is 276 g/mol. The average Bonchev–Trinajstić information content (AvgIpc) is 2.17. The van der Waals surface area contributed by atoms with Crippen LogP contribution in [-0.2, 0) is 18.5 Å². The first kappa shape index (κ1) is 18.2. The van der Waals surface area contributed by atoms with Gasteiger partial charge >= 0.3 is 0 Å². The Hall–Kier alpha value is 0.160. The van der Waals surface area contributed by atoms with Gasteiger partial charge in [0.1, 0.15) is 0 Å². The summed E-state index contributed by atoms with van der Waals surface area (Å²) in [5, 5.41) is 0. The minimum absolute atomic E-state index is 0.0306. The first-order valence-electron chi connectivity index (χ1n) is 6.24. The van der Waals surface area contributed by atoms with Gasteiger partial charge in [-0.15, -0.1) is 0 Å². The Labute approximate surface area is 115 Å². The van der Waals surface area contributed by atoms with Crippen LogP contribution in [0.2, 0.25) is 0 Å². The molecule has 0 aliphatic heterocycles. The topological polar surface area (TPSA) is 52.6 Å². The molecule has 110 valence electrons. The molecule has 0 aromatic rings. The highest BCUT2D eigenvalue weighted by molar-refractivity contribution is 8.13. The van der Waals surface area contributed by atoms with Crippen molar-refractivity contribution in [1.29, 1.82) is 0 Å². The summed E-state index contributed by atoms with van der Waals surface area (Å²) in [5.74, 6) is 0.324. The van der Waals surface area contributed by atoms with Crippen molar-refractivity contribution >= 4 is 19.7 Å². The molecule has 0 spiro atoms. The van der Waals surface area contributed by atoms with Crippen molar-refractivity contribution in [3.8, 4) is 0 Å². The summed E-state index contributed by atoms with van der Waals surface area (Å²) in [6.45, 7) is 9.77. The average molecular weight is 301 g/mol. The molecule has 6 heteroatoms. The van der Waals surface area contributed by atoms with E-state index in [1.54, 1.807) is 0 Å². The number of ether oxygens (including phenoxy) is 2. The molecule has 0 aromatic carbocycles. The van der Waals surface area contributed by atoms with Gasteiger partial charge in [-0.25, -0.2) is 8.42 Å². The van der Waals surface area contributed by atoms with Gasteiger partial charge in [0.05, 0.1) is 24.6 Å². The van der Waals surface area contributed by atoms with Crippen molar-refractivity contribution in [2.45, 2.75) is 46.1 Å². The normalized spacial score (nSPS) is 14.7. The summed E-state index contributed by atoms with van der Waals surface area (Å²) >= 11 is 0. The Kier molecular flexibility index (Phi) is 8.43. The maximum absolute atomic E-state index is 10.8. The van der Waals surface area contributed by atoms with Crippen LogP contribution < -0.4 is 0 Å². The highest BCUT2D eigenvalue weighted by Crippen LogP contribution is 2.11. The van der Waals surface area contributed by atoms with Crippen LogP contribution >= 0.6 is 10.7 Å². The predicted molar refractivity (Wildman–Crippen MR) is 74.6 cm³/mol. The van der Waals surface area contributed by atoms with Crippen LogP contribution in [0.25, 0.3) is 0 Å². The minimum Gasteiger partial charge on any atom is -0.379 e. The van der Waals surface area contributed by atoms with E-state index in [2.05, 4.69) is 0 Å². The van der Waals surface area contributed by atoms with Gasteiger partial charge in [0, 0.05) is 17.3 Å². The molecular formula is C12H25ClO4S. The van der Waals surface area contributed by atoms with Gasteiger partial charge in [0.2, 0.25) is 9.05 Å². The number of halogens is 1. The molecule has 1 atom stereocenters. The number of rotatable bonds is 9. The Balaban J connectivity index is 3.44. The van der Waals surface area contributed by atoms with E-state index < -0.39 is 9.05 Å². The molecule has 0 aliphatic rings. The summed E-state index contributed by atoms with van der Waals surface area (Å²) in [7, 11) is 1.78. The van der Waals surface area contributed by atoms with Gasteiger partial charge in [0.25, 0.3) is 0 Å². The zero-order chi connectivity index (χ0) is 14.2. The van der Waals surface area contributed by atoms with E-state index in [1.165, 1.54) is 0 Å². The van der Waals surface area contributed by atoms with Gasteiger partial charge in [-0.3, -0.25) is 0 Å². The minimum atomic E-state index is -3.36. The van der Waals surface area contributed by atoms with E-state index in [-0.39, 0.29) is 11.4 Å². The third-order valence-electron chi connectivity index (χ3n) is 2.37. The maximum atomic E-state index is 10.8. The lowest BCUT2D eigenvalue weighted by Gasteiger charge is -2.19. The van der Waals surface area contributed by atoms with Crippen LogP contribution in [0.3, 0.4) is 0 Å². The van der Waals surface area contributed by atoms with Crippen LogP contribution in [0.5, 0.6) is 0 Å². The molecule has 0 aliphatic carbocycles. The molecule has 4 nitrogen and oxygen atoms in total. The van der Waals surface area contributed by atoms with Crippen LogP contribution in [0.1, 0.15) is 40.5 Å². The van der Waals surface area contributed by atoms with E-state index in [9.17, 15) is 8.42 Å². The number of hydrogen-bond donors (Lipinski definition) is 0. The Morgan fingerprint density at radius 1 is 1.11 bits per heavy atom. The standard InChI is InChI=1S/C12H25ClO4S/c1-11(6-10-18(13,14)15)5-7-16-8-9-17-12(2,3)4/h11H,5-10H2,1-4H3. The van der Waals surface area contributed by atoms with Gasteiger partial charge in [-0.1, -0.05) is 6.92 Å². The van der Waals surface area contributed by atoms with Gasteiger partial charge in [0.15, 0.2) is 0 Å². The van der Waals surface area contributed by atoms with E-state index in [4.69, 9.17) is 20.2 Å². The van der Waals surface area contributed by atoms with Gasteiger partial charge < -0.3 is 9.47 Å². The highest BCUT2D eigenvalue weighted by Gasteiger charge is 2.10. The fraction of sp³-hybridized carbons (Fsp3) is 1.00. The fourth-order valence-corrected chi connectivity index (χ4v) is 2.23. The molecule has 0 N–H and O–H groups in total. The SMILES string of the molecule is CC(CCOCCOC(C)(C)C)CCS(=O)(=O)Cl. The lowest BCUT2D eigenvalue weighted by molar-refractivity contribution is -0.0360. The highest BCUT2D eigenvalue weighted by atomic mass is 35.7. The second-order valence-electron chi connectivity index (χ2n) is 5.50. The summed E-state index contributed by atoms with van der Waals surface area (Å²) in [5.41, 5.74) is -0.134. The monoisotopic (exact) mass is 300 g/mol. The molecule has 0 amide bonds. The molecule has 1 unspecified atom stereocenters. The first-order chi connectivity index (χ1) is 8.10. The smallest absolute Gasteiger partial charge is 0.232 e. The van der Waals surface area contributed by atoms with Crippen LogP contribution in [0.15, 0.2) is 0 Å². The van der Waals surface area contributed by atoms with Gasteiger partial charge in [-0.2, -0.15) is 0 Å². The summed E-state index contributed by atoms with van der Waals surface area (Å²) < 4.78 is 32.5. The first-order valence-corrected chi connectivity index (χ1v) is 8.72. The zero-order valence-electron chi connectivity index (χ0n) is 11.7. The number of hydrogen-bond acceptors (Lipinski definition) is 4. The zero-order valence-corrected chi connectivity index (χ0v) is 13.3. The lowest BCUT2D eigenvalue weighted by Crippen LogP contribution is -2.22. The third-order valence-corrected chi connectivity index (χ3v) is 3.56. The summed E-state index contributed by atoms with van der Waals surface area (Å²) in [6.07, 6.45) is 1.41. The van der Waals surface area contributed by atoms with Crippen molar-refractivity contribution < 1.29 is 17.9 Å². The van der Waals surface area contributed by atoms with Crippen LogP contribution in [0.4, 0.5) is 0 Å². The predicted octanol–water partition coefficient (Wildman–Crippen LogP) is 2.80. The molecule has 0 radical (unpaired) electrons. The Bertz CT molecular complexity index is 309. The third kappa shape index (κ3) is 14.2. The van der Waals surface area contributed by atoms with E-state index in [0.29, 0.717) is 32.2 Å². The van der Waals surface area contributed by atoms with Crippen LogP contribution in [-0.4, -0.2) is 39.6 Å². The Morgan fingerprint density at radius 3 is 2.22 bits per heavy atom. The van der Waals surface area contributed by atoms with Crippen molar-refractivity contribution in [3.05, 3.63) is 0 Å². The summed E-state index contributed by atoms with van der Waals surface area (Å²) in [6, 6.07) is 0. The van der Waals surface area contributed by atoms with E-state index in [0.717, 1.165) is 6.42 Å². The Morgan fingerprint density at radius 2 is 1.72 bits per heavy atom. The van der Waals surface area contributed by atoms with E-state index in [1.807, 2.05) is 27.7 Å². The molecule has 18 heavy (non-hydrogen) atoms. The summed E-state index contributed by atoms with van der Waals surface area (Å²) in [4.78, 5) is 0. The molecule has 0 fully saturated rings. The second kappa shape index (κ2) is 8.35. The van der Waals surface area contributed by atoms with Gasteiger partial charge in [-0.05, 0) is 39.5 Å². The molecule has 0 heterocycles. The van der Waals surface area contributed by atoms with Crippen molar-refractivity contribution in [2.75, 3.05) is 25.6 Å². The van der Waals surface area contributed by atoms with Crippen molar-refractivity contribution in [2.24, 2.45) is 5.92 Å². The molecule has 0 saturated heterocycles. The fourth-order valence-electron chi connectivity index (χ4n) is 1.28. The van der Waals surface area contributed by atoms with E-state index >= 15 is 0 Å².